The van der Waals surface area contributed by atoms with Gasteiger partial charge in [0.25, 0.3) is 0 Å². The molecule has 5 aromatic rings. The van der Waals surface area contributed by atoms with Gasteiger partial charge in [-0.05, 0) is 41.8 Å². The highest BCUT2D eigenvalue weighted by molar-refractivity contribution is 5.99. The van der Waals surface area contributed by atoms with E-state index >= 15 is 0 Å². The minimum atomic E-state index is -0.775. The number of carbonyl (C=O) groups is 2. The third-order valence-electron chi connectivity index (χ3n) is 6.58. The molecule has 1 atom stereocenters. The summed E-state index contributed by atoms with van der Waals surface area (Å²) >= 11 is 0. The minimum absolute atomic E-state index is 0.221. The Morgan fingerprint density at radius 2 is 1.32 bits per heavy atom. The van der Waals surface area contributed by atoms with Crippen LogP contribution in [-0.2, 0) is 16.0 Å². The van der Waals surface area contributed by atoms with E-state index in [1.54, 1.807) is 0 Å². The van der Waals surface area contributed by atoms with Gasteiger partial charge in [-0.1, -0.05) is 96.6 Å². The summed E-state index contributed by atoms with van der Waals surface area (Å²) in [6.45, 7) is 2.00. The van der Waals surface area contributed by atoms with Crippen molar-refractivity contribution in [2.75, 3.05) is 5.32 Å². The van der Waals surface area contributed by atoms with E-state index in [2.05, 4.69) is 15.6 Å². The van der Waals surface area contributed by atoms with Crippen LogP contribution < -0.4 is 10.6 Å². The van der Waals surface area contributed by atoms with Crippen LogP contribution in [0.4, 0.5) is 5.69 Å². The van der Waals surface area contributed by atoms with Crippen LogP contribution in [0.1, 0.15) is 28.2 Å². The molecule has 0 spiro atoms. The molecular weight excluding hydrogens is 458 g/mol. The molecule has 0 bridgehead atoms. The van der Waals surface area contributed by atoms with Crippen molar-refractivity contribution < 1.29 is 9.59 Å². The molecule has 2 amide bonds. The summed E-state index contributed by atoms with van der Waals surface area (Å²) in [5.41, 5.74) is 5.50. The Morgan fingerprint density at radius 1 is 0.730 bits per heavy atom. The molecule has 3 N–H and O–H groups in total. The molecule has 0 saturated heterocycles. The third kappa shape index (κ3) is 5.62. The van der Waals surface area contributed by atoms with Crippen LogP contribution in [0.5, 0.6) is 0 Å². The van der Waals surface area contributed by atoms with Gasteiger partial charge in [0.2, 0.25) is 11.8 Å². The Kier molecular flexibility index (Phi) is 7.13. The van der Waals surface area contributed by atoms with Gasteiger partial charge in [-0.2, -0.15) is 0 Å². The molecule has 5 rings (SSSR count). The monoisotopic (exact) mass is 487 g/mol. The Bertz CT molecular complexity index is 1450. The first-order chi connectivity index (χ1) is 18.1. The molecule has 5 nitrogen and oxygen atoms in total. The second-order valence-corrected chi connectivity index (χ2v) is 9.23. The minimum Gasteiger partial charge on any atom is -0.361 e. The van der Waals surface area contributed by atoms with E-state index in [1.807, 2.05) is 122 Å². The molecule has 5 heteroatoms. The number of para-hydroxylation sites is 1. The summed E-state index contributed by atoms with van der Waals surface area (Å²) in [4.78, 5) is 30.7. The Labute approximate surface area is 216 Å². The summed E-state index contributed by atoms with van der Waals surface area (Å²) in [7, 11) is 0. The van der Waals surface area contributed by atoms with Crippen LogP contribution in [-0.4, -0.2) is 22.8 Å². The van der Waals surface area contributed by atoms with Crippen LogP contribution in [0, 0.1) is 6.92 Å². The van der Waals surface area contributed by atoms with E-state index in [0.29, 0.717) is 12.1 Å². The zero-order valence-electron chi connectivity index (χ0n) is 20.6. The number of aromatic nitrogens is 1. The fourth-order valence-corrected chi connectivity index (χ4v) is 4.64. The van der Waals surface area contributed by atoms with Crippen LogP contribution >= 0.6 is 0 Å². The summed E-state index contributed by atoms with van der Waals surface area (Å²) in [5, 5.41) is 7.11. The lowest BCUT2D eigenvalue weighted by molar-refractivity contribution is -0.126. The zero-order chi connectivity index (χ0) is 25.6. The number of rotatable bonds is 8. The largest absolute Gasteiger partial charge is 0.361 e. The molecule has 0 aliphatic rings. The number of fused-ring (bicyclic) bond motifs is 1. The van der Waals surface area contributed by atoms with Crippen molar-refractivity contribution in [2.45, 2.75) is 25.3 Å². The van der Waals surface area contributed by atoms with Crippen molar-refractivity contribution in [3.8, 4) is 0 Å². The van der Waals surface area contributed by atoms with Crippen molar-refractivity contribution in [3.05, 3.63) is 138 Å². The highest BCUT2D eigenvalue weighted by Crippen LogP contribution is 2.26. The van der Waals surface area contributed by atoms with E-state index in [-0.39, 0.29) is 11.8 Å². The molecule has 0 saturated carbocycles. The quantitative estimate of drug-likeness (QED) is 0.252. The highest BCUT2D eigenvalue weighted by Gasteiger charge is 2.28. The number of H-pyrrole nitrogens is 1. The smallest absolute Gasteiger partial charge is 0.247 e. The first kappa shape index (κ1) is 24.1. The Balaban J connectivity index is 1.46. The van der Waals surface area contributed by atoms with Gasteiger partial charge in [-0.3, -0.25) is 9.59 Å². The number of carbonyl (C=O) groups excluding carboxylic acids is 2. The average Bonchev–Trinajstić information content (AvgIpc) is 3.34. The van der Waals surface area contributed by atoms with Crippen LogP contribution in [0.15, 0.2) is 115 Å². The van der Waals surface area contributed by atoms with Gasteiger partial charge in [0.1, 0.15) is 6.04 Å². The highest BCUT2D eigenvalue weighted by atomic mass is 16.2. The number of hydrogen-bond donors (Lipinski definition) is 3. The maximum absolute atomic E-state index is 13.8. The molecule has 0 radical (unpaired) electrons. The number of aromatic amines is 1. The normalized spacial score (nSPS) is 11.8. The van der Waals surface area contributed by atoms with Crippen LogP contribution in [0.2, 0.25) is 0 Å². The fourth-order valence-electron chi connectivity index (χ4n) is 4.64. The van der Waals surface area contributed by atoms with Crippen molar-refractivity contribution in [1.29, 1.82) is 0 Å². The Hall–Kier alpha value is -4.64. The van der Waals surface area contributed by atoms with Gasteiger partial charge >= 0.3 is 0 Å². The van der Waals surface area contributed by atoms with E-state index < -0.39 is 12.0 Å². The van der Waals surface area contributed by atoms with Gasteiger partial charge in [-0.25, -0.2) is 0 Å². The second kappa shape index (κ2) is 11.0. The molecule has 0 fully saturated rings. The number of anilines is 1. The van der Waals surface area contributed by atoms with Gasteiger partial charge < -0.3 is 15.6 Å². The second-order valence-electron chi connectivity index (χ2n) is 9.23. The summed E-state index contributed by atoms with van der Waals surface area (Å²) in [5.74, 6) is -1.02. The van der Waals surface area contributed by atoms with Gasteiger partial charge in [0, 0.05) is 29.2 Å². The molecule has 0 aliphatic heterocycles. The van der Waals surface area contributed by atoms with E-state index in [4.69, 9.17) is 0 Å². The third-order valence-corrected chi connectivity index (χ3v) is 6.58. The van der Waals surface area contributed by atoms with E-state index in [0.717, 1.165) is 33.2 Å². The van der Waals surface area contributed by atoms with E-state index in [1.165, 1.54) is 0 Å². The number of benzene rings is 4. The van der Waals surface area contributed by atoms with Crippen molar-refractivity contribution in [3.63, 3.8) is 0 Å². The van der Waals surface area contributed by atoms with Crippen molar-refractivity contribution in [2.24, 2.45) is 0 Å². The lowest BCUT2D eigenvalue weighted by Crippen LogP contribution is -2.47. The predicted molar refractivity (Wildman–Crippen MR) is 148 cm³/mol. The number of aryl methyl sites for hydroxylation is 1. The summed E-state index contributed by atoms with van der Waals surface area (Å²) < 4.78 is 0. The number of hydrogen-bond acceptors (Lipinski definition) is 2. The molecular formula is C32H29N3O2. The SMILES string of the molecule is Cc1ccc(NC(=O)C(Cc2c[nH]c3ccccc23)NC(=O)C(c2ccccc2)c2ccccc2)cc1. The zero-order valence-corrected chi connectivity index (χ0v) is 20.6. The van der Waals surface area contributed by atoms with Crippen LogP contribution in [0.3, 0.4) is 0 Å². The molecule has 184 valence electrons. The van der Waals surface area contributed by atoms with Gasteiger partial charge in [0.05, 0.1) is 5.92 Å². The van der Waals surface area contributed by atoms with Crippen molar-refractivity contribution >= 4 is 28.4 Å². The number of nitrogens with one attached hydrogen (secondary N) is 3. The molecule has 1 aromatic heterocycles. The molecule has 4 aromatic carbocycles. The summed E-state index contributed by atoms with van der Waals surface area (Å²) in [6, 6.07) is 34.1. The predicted octanol–water partition coefficient (Wildman–Crippen LogP) is 5.97. The van der Waals surface area contributed by atoms with E-state index in [9.17, 15) is 9.59 Å². The van der Waals surface area contributed by atoms with Crippen LogP contribution in [0.25, 0.3) is 10.9 Å². The lowest BCUT2D eigenvalue weighted by atomic mass is 9.90. The van der Waals surface area contributed by atoms with Gasteiger partial charge in [-0.15, -0.1) is 0 Å². The molecule has 1 heterocycles. The standard InChI is InChI=1S/C32H29N3O2/c1-22-16-18-26(19-17-22)34-31(36)29(20-25-21-33-28-15-9-8-14-27(25)28)35-32(37)30(23-10-4-2-5-11-23)24-12-6-3-7-13-24/h2-19,21,29-30,33H,20H2,1H3,(H,34,36)(H,35,37). The summed E-state index contributed by atoms with van der Waals surface area (Å²) in [6.07, 6.45) is 2.26. The van der Waals surface area contributed by atoms with Gasteiger partial charge in [0.15, 0.2) is 0 Å². The first-order valence-corrected chi connectivity index (χ1v) is 12.4. The average molecular weight is 488 g/mol. The lowest BCUT2D eigenvalue weighted by Gasteiger charge is -2.23. The number of amides is 2. The molecule has 37 heavy (non-hydrogen) atoms. The maximum Gasteiger partial charge on any atom is 0.247 e. The first-order valence-electron chi connectivity index (χ1n) is 12.4. The molecule has 0 aliphatic carbocycles. The maximum atomic E-state index is 13.8. The fraction of sp³-hybridized carbons (Fsp3) is 0.125. The Morgan fingerprint density at radius 3 is 1.97 bits per heavy atom. The topological polar surface area (TPSA) is 74.0 Å². The molecule has 1 unspecified atom stereocenters. The van der Waals surface area contributed by atoms with Crippen molar-refractivity contribution in [1.82, 2.24) is 10.3 Å².